The van der Waals surface area contributed by atoms with Crippen LogP contribution in [0.15, 0.2) is 61.2 Å². The van der Waals surface area contributed by atoms with E-state index in [2.05, 4.69) is 57.8 Å². The van der Waals surface area contributed by atoms with Gasteiger partial charge < -0.3 is 10.6 Å². The zero-order valence-corrected chi connectivity index (χ0v) is 24.1. The molecule has 1 aliphatic carbocycles. The van der Waals surface area contributed by atoms with Crippen LogP contribution < -0.4 is 10.6 Å². The van der Waals surface area contributed by atoms with Crippen LogP contribution in [0.4, 0.5) is 20.2 Å². The molecule has 42 heavy (non-hydrogen) atoms. The molecule has 2 N–H and O–H groups in total. The molecule has 3 heterocycles. The fourth-order valence-corrected chi connectivity index (χ4v) is 5.41. The first-order valence-electron chi connectivity index (χ1n) is 13.7. The van der Waals surface area contributed by atoms with Crippen molar-refractivity contribution < 1.29 is 8.78 Å². The summed E-state index contributed by atoms with van der Waals surface area (Å²) in [5.41, 5.74) is 2.22. The first kappa shape index (κ1) is 27.8. The zero-order chi connectivity index (χ0) is 29.6. The number of hydrogen-bond acceptors (Lipinski definition) is 7. The number of anilines is 2. The first-order chi connectivity index (χ1) is 20.1. The Morgan fingerprint density at radius 1 is 1.14 bits per heavy atom. The van der Waals surface area contributed by atoms with Gasteiger partial charge in [0.1, 0.15) is 17.3 Å². The first-order valence-corrected chi connectivity index (χ1v) is 14.0. The van der Waals surface area contributed by atoms with E-state index in [1.165, 1.54) is 10.9 Å². The van der Waals surface area contributed by atoms with Crippen LogP contribution in [0.2, 0.25) is 5.02 Å². The summed E-state index contributed by atoms with van der Waals surface area (Å²) >= 11 is 6.76. The summed E-state index contributed by atoms with van der Waals surface area (Å²) in [6.45, 7) is 6.93. The van der Waals surface area contributed by atoms with E-state index in [0.717, 1.165) is 16.3 Å². The van der Waals surface area contributed by atoms with Crippen molar-refractivity contribution in [2.45, 2.75) is 51.6 Å². The van der Waals surface area contributed by atoms with E-state index in [9.17, 15) is 14.0 Å². The van der Waals surface area contributed by atoms with Gasteiger partial charge in [-0.25, -0.2) is 13.5 Å². The van der Waals surface area contributed by atoms with E-state index >= 15 is 0 Å². The topological polar surface area (TPSA) is 104 Å². The van der Waals surface area contributed by atoms with Crippen molar-refractivity contribution >= 4 is 44.7 Å². The number of alkyl halides is 2. The van der Waals surface area contributed by atoms with Gasteiger partial charge in [-0.1, -0.05) is 55.8 Å². The predicted molar refractivity (Wildman–Crippen MR) is 160 cm³/mol. The summed E-state index contributed by atoms with van der Waals surface area (Å²) in [6, 6.07) is 13.1. The Labute approximate surface area is 246 Å². The Morgan fingerprint density at radius 2 is 1.95 bits per heavy atom. The number of nitrogens with one attached hydrogen (secondary N) is 2. The molecule has 0 aliphatic heterocycles. The van der Waals surface area contributed by atoms with E-state index in [1.807, 2.05) is 30.3 Å². The second-order valence-electron chi connectivity index (χ2n) is 11.9. The lowest BCUT2D eigenvalue weighted by Crippen LogP contribution is -2.26. The summed E-state index contributed by atoms with van der Waals surface area (Å²) < 4.78 is 29.1. The number of nitrogens with zero attached hydrogens (tertiary/aromatic N) is 6. The van der Waals surface area contributed by atoms with Crippen LogP contribution in [0.5, 0.6) is 0 Å². The third-order valence-corrected chi connectivity index (χ3v) is 7.90. The summed E-state index contributed by atoms with van der Waals surface area (Å²) in [7, 11) is 0. The fraction of sp³-hybridized carbons (Fsp3) is 0.323. The zero-order valence-electron chi connectivity index (χ0n) is 23.4. The number of rotatable bonds is 8. The molecule has 0 radical (unpaired) electrons. The van der Waals surface area contributed by atoms with E-state index in [-0.39, 0.29) is 5.41 Å². The quantitative estimate of drug-likeness (QED) is 0.196. The molecule has 0 amide bonds. The Hall–Kier alpha value is -4.36. The van der Waals surface area contributed by atoms with Gasteiger partial charge in [-0.15, -0.1) is 5.10 Å². The summed E-state index contributed by atoms with van der Waals surface area (Å²) in [5, 5.41) is 28.3. The maximum Gasteiger partial charge on any atom is 0.263 e. The minimum absolute atomic E-state index is 0.0432. The van der Waals surface area contributed by atoms with Crippen LogP contribution in [0.3, 0.4) is 0 Å². The van der Waals surface area contributed by atoms with Gasteiger partial charge in [0.15, 0.2) is 0 Å². The third-order valence-electron chi connectivity index (χ3n) is 7.61. The average molecular weight is 587 g/mol. The number of nitriles is 1. The molecular formula is C31H29ClF2N8. The third kappa shape index (κ3) is 5.09. The smallest absolute Gasteiger partial charge is 0.263 e. The highest BCUT2D eigenvalue weighted by molar-refractivity contribution is 6.35. The largest absolute Gasteiger partial charge is 0.383 e. The highest BCUT2D eigenvalue weighted by Crippen LogP contribution is 2.48. The van der Waals surface area contributed by atoms with Crippen molar-refractivity contribution in [3.8, 4) is 6.07 Å². The number of hydrogen-bond donors (Lipinski definition) is 2. The van der Waals surface area contributed by atoms with Crippen LogP contribution in [0, 0.1) is 16.7 Å². The standard InChI is InChI=1S/C31H29ClF2N8/c1-30(2,3)17-38-26-19(13-35)14-37-27-22(26)11-20(12-24(27)32)39-28(21-6-4-5-18-7-10-36-15-23(18)21)25-16-42(41-40-25)31(8-9-31)29(33)34/h4-7,10-12,14-16,28-29,39H,8-9,17H2,1-3H3,(H,37,38). The van der Waals surface area contributed by atoms with Crippen molar-refractivity contribution in [3.63, 3.8) is 0 Å². The van der Waals surface area contributed by atoms with Crippen LogP contribution in [-0.2, 0) is 5.54 Å². The molecule has 6 rings (SSSR count). The number of halogens is 3. The monoisotopic (exact) mass is 586 g/mol. The summed E-state index contributed by atoms with van der Waals surface area (Å²) in [5.74, 6) is 0. The van der Waals surface area contributed by atoms with Gasteiger partial charge in [0.05, 0.1) is 34.0 Å². The Bertz CT molecular complexity index is 1830. The molecule has 8 nitrogen and oxygen atoms in total. The van der Waals surface area contributed by atoms with Gasteiger partial charge >= 0.3 is 0 Å². The highest BCUT2D eigenvalue weighted by atomic mass is 35.5. The van der Waals surface area contributed by atoms with E-state index in [1.54, 1.807) is 24.7 Å². The molecule has 1 saturated carbocycles. The molecule has 214 valence electrons. The Kier molecular flexibility index (Phi) is 6.93. The number of aromatic nitrogens is 5. The Balaban J connectivity index is 1.48. The van der Waals surface area contributed by atoms with Crippen LogP contribution >= 0.6 is 11.6 Å². The molecule has 1 aliphatic rings. The van der Waals surface area contributed by atoms with Gasteiger partial charge in [-0.3, -0.25) is 9.97 Å². The van der Waals surface area contributed by atoms with Crippen molar-refractivity contribution in [1.29, 1.82) is 5.26 Å². The van der Waals surface area contributed by atoms with Crippen molar-refractivity contribution in [3.05, 3.63) is 83.0 Å². The molecule has 5 aromatic rings. The molecule has 1 fully saturated rings. The van der Waals surface area contributed by atoms with Gasteiger partial charge in [0.25, 0.3) is 6.43 Å². The van der Waals surface area contributed by atoms with Gasteiger partial charge in [-0.05, 0) is 47.4 Å². The molecular weight excluding hydrogens is 558 g/mol. The second-order valence-corrected chi connectivity index (χ2v) is 12.3. The van der Waals surface area contributed by atoms with Crippen LogP contribution in [0.25, 0.3) is 21.7 Å². The molecule has 1 atom stereocenters. The lowest BCUT2D eigenvalue weighted by molar-refractivity contribution is 0.0593. The van der Waals surface area contributed by atoms with Gasteiger partial charge in [0, 0.05) is 41.6 Å². The summed E-state index contributed by atoms with van der Waals surface area (Å²) in [6.07, 6.45) is 4.77. The van der Waals surface area contributed by atoms with Crippen molar-refractivity contribution in [1.82, 2.24) is 25.0 Å². The van der Waals surface area contributed by atoms with Gasteiger partial charge in [0.2, 0.25) is 0 Å². The second kappa shape index (κ2) is 10.5. The molecule has 3 aromatic heterocycles. The van der Waals surface area contributed by atoms with Crippen molar-refractivity contribution in [2.75, 3.05) is 17.2 Å². The highest BCUT2D eigenvalue weighted by Gasteiger charge is 2.54. The number of pyridine rings is 2. The lowest BCUT2D eigenvalue weighted by Gasteiger charge is -2.23. The number of benzene rings is 2. The van der Waals surface area contributed by atoms with E-state index in [0.29, 0.717) is 57.9 Å². The molecule has 0 spiro atoms. The summed E-state index contributed by atoms with van der Waals surface area (Å²) in [4.78, 5) is 8.78. The van der Waals surface area contributed by atoms with Crippen molar-refractivity contribution in [2.24, 2.45) is 5.41 Å². The average Bonchev–Trinajstić information content (AvgIpc) is 3.64. The molecule has 11 heteroatoms. The van der Waals surface area contributed by atoms with Crippen LogP contribution in [0.1, 0.15) is 56.5 Å². The number of fused-ring (bicyclic) bond motifs is 2. The molecule has 0 saturated heterocycles. The lowest BCUT2D eigenvalue weighted by atomic mass is 9.96. The maximum absolute atomic E-state index is 13.9. The molecule has 2 aromatic carbocycles. The minimum atomic E-state index is -2.54. The molecule has 1 unspecified atom stereocenters. The van der Waals surface area contributed by atoms with E-state index in [4.69, 9.17) is 11.6 Å². The molecule has 0 bridgehead atoms. The van der Waals surface area contributed by atoms with E-state index < -0.39 is 18.0 Å². The SMILES string of the molecule is CC(C)(C)CNc1c(C#N)cnc2c(Cl)cc(NC(c3cn(C4(C(F)F)CC4)nn3)c3cccc4ccncc34)cc12. The van der Waals surface area contributed by atoms with Gasteiger partial charge in [-0.2, -0.15) is 5.26 Å². The predicted octanol–water partition coefficient (Wildman–Crippen LogP) is 7.31. The maximum atomic E-state index is 13.9. The minimum Gasteiger partial charge on any atom is -0.383 e. The van der Waals surface area contributed by atoms with Crippen LogP contribution in [-0.4, -0.2) is 37.9 Å². The normalized spacial score (nSPS) is 15.1. The fourth-order valence-electron chi connectivity index (χ4n) is 5.14. The Morgan fingerprint density at radius 3 is 2.67 bits per heavy atom.